The van der Waals surface area contributed by atoms with E-state index in [1.807, 2.05) is 0 Å². The summed E-state index contributed by atoms with van der Waals surface area (Å²) in [5.41, 5.74) is 0. The quantitative estimate of drug-likeness (QED) is 0.452. The van der Waals surface area contributed by atoms with Gasteiger partial charge < -0.3 is 4.74 Å². The van der Waals surface area contributed by atoms with Gasteiger partial charge in [-0.3, -0.25) is 0 Å². The zero-order chi connectivity index (χ0) is 6.91. The van der Waals surface area contributed by atoms with E-state index in [1.54, 1.807) is 0 Å². The van der Waals surface area contributed by atoms with E-state index in [4.69, 9.17) is 27.9 Å². The lowest BCUT2D eigenvalue weighted by Crippen LogP contribution is -2.40. The largest absolute Gasteiger partial charge is 0.375 e. The van der Waals surface area contributed by atoms with Crippen LogP contribution >= 0.6 is 23.2 Å². The molecule has 1 aliphatic heterocycles. The molecule has 1 aliphatic rings. The van der Waals surface area contributed by atoms with Gasteiger partial charge in [0.1, 0.15) is 0 Å². The molecular formula is C6H8Cl2O. The summed E-state index contributed by atoms with van der Waals surface area (Å²) in [6.45, 7) is 4.25. The number of halogens is 2. The molecule has 0 spiro atoms. The third-order valence-electron chi connectivity index (χ3n) is 1.40. The fraction of sp³-hybridized carbons (Fsp3) is 0.667. The topological polar surface area (TPSA) is 9.23 Å². The summed E-state index contributed by atoms with van der Waals surface area (Å²) >= 11 is 11.5. The fourth-order valence-electron chi connectivity index (χ4n) is 0.671. The van der Waals surface area contributed by atoms with Crippen molar-refractivity contribution in [3.63, 3.8) is 0 Å². The first-order chi connectivity index (χ1) is 4.17. The zero-order valence-corrected chi connectivity index (χ0v) is 6.45. The second kappa shape index (κ2) is 2.49. The van der Waals surface area contributed by atoms with Gasteiger partial charge in [0, 0.05) is 13.0 Å². The smallest absolute Gasteiger partial charge is 0.162 e. The normalized spacial score (nSPS) is 27.1. The van der Waals surface area contributed by atoms with Gasteiger partial charge in [-0.1, -0.05) is 29.3 Å². The van der Waals surface area contributed by atoms with E-state index in [1.165, 1.54) is 6.08 Å². The standard InChI is InChI=1S/C6H8Cl2O/c1-2-6(7,8)5-3-4-9-5/h2,5H,1,3-4H2. The van der Waals surface area contributed by atoms with Crippen LogP contribution in [0.1, 0.15) is 6.42 Å². The molecule has 0 aliphatic carbocycles. The fourth-order valence-corrected chi connectivity index (χ4v) is 1.01. The number of rotatable bonds is 2. The maximum absolute atomic E-state index is 5.74. The maximum atomic E-state index is 5.74. The van der Waals surface area contributed by atoms with Crippen LogP contribution in [0.25, 0.3) is 0 Å². The zero-order valence-electron chi connectivity index (χ0n) is 4.94. The molecule has 1 fully saturated rings. The van der Waals surface area contributed by atoms with Gasteiger partial charge in [0.25, 0.3) is 0 Å². The summed E-state index contributed by atoms with van der Waals surface area (Å²) in [6.07, 6.45) is 2.39. The molecule has 0 amide bonds. The summed E-state index contributed by atoms with van der Waals surface area (Å²) < 4.78 is 4.17. The van der Waals surface area contributed by atoms with Crippen LogP contribution in [0.2, 0.25) is 0 Å². The van der Waals surface area contributed by atoms with Crippen LogP contribution in [-0.2, 0) is 4.74 Å². The van der Waals surface area contributed by atoms with E-state index in [2.05, 4.69) is 6.58 Å². The van der Waals surface area contributed by atoms with Crippen LogP contribution in [0.5, 0.6) is 0 Å². The molecule has 1 unspecified atom stereocenters. The Kier molecular flexibility index (Phi) is 2.04. The molecule has 1 atom stereocenters. The molecule has 9 heavy (non-hydrogen) atoms. The highest BCUT2D eigenvalue weighted by atomic mass is 35.5. The predicted molar refractivity (Wildman–Crippen MR) is 39.0 cm³/mol. The van der Waals surface area contributed by atoms with Crippen LogP contribution in [0.15, 0.2) is 12.7 Å². The molecule has 1 rings (SSSR count). The molecule has 0 bridgehead atoms. The summed E-state index contributed by atoms with van der Waals surface area (Å²) in [6, 6.07) is 0. The van der Waals surface area contributed by atoms with E-state index in [0.717, 1.165) is 13.0 Å². The molecule has 52 valence electrons. The van der Waals surface area contributed by atoms with Crippen LogP contribution in [0.3, 0.4) is 0 Å². The Hall–Kier alpha value is 0.280. The van der Waals surface area contributed by atoms with Crippen molar-refractivity contribution in [2.45, 2.75) is 16.9 Å². The molecule has 0 aromatic rings. The van der Waals surface area contributed by atoms with Crippen molar-refractivity contribution in [1.82, 2.24) is 0 Å². The molecule has 1 nitrogen and oxygen atoms in total. The first kappa shape index (κ1) is 7.39. The van der Waals surface area contributed by atoms with Crippen LogP contribution in [0, 0.1) is 0 Å². The van der Waals surface area contributed by atoms with Gasteiger partial charge in [0.15, 0.2) is 4.33 Å². The van der Waals surface area contributed by atoms with Gasteiger partial charge >= 0.3 is 0 Å². The van der Waals surface area contributed by atoms with Crippen molar-refractivity contribution in [3.05, 3.63) is 12.7 Å². The molecule has 0 radical (unpaired) electrons. The van der Waals surface area contributed by atoms with Gasteiger partial charge in [-0.2, -0.15) is 0 Å². The average Bonchev–Trinajstić information content (AvgIpc) is 1.60. The third kappa shape index (κ3) is 1.40. The third-order valence-corrected chi connectivity index (χ3v) is 2.20. The molecule has 1 saturated heterocycles. The van der Waals surface area contributed by atoms with Crippen LogP contribution < -0.4 is 0 Å². The van der Waals surface area contributed by atoms with Crippen molar-refractivity contribution in [1.29, 1.82) is 0 Å². The van der Waals surface area contributed by atoms with Gasteiger partial charge in [-0.05, 0) is 0 Å². The second-order valence-corrected chi connectivity index (χ2v) is 3.47. The second-order valence-electron chi connectivity index (χ2n) is 2.03. The molecular weight excluding hydrogens is 159 g/mol. The van der Waals surface area contributed by atoms with Crippen molar-refractivity contribution in [2.24, 2.45) is 0 Å². The van der Waals surface area contributed by atoms with Gasteiger partial charge in [-0.15, -0.1) is 6.58 Å². The van der Waals surface area contributed by atoms with E-state index in [-0.39, 0.29) is 6.10 Å². The molecule has 0 N–H and O–H groups in total. The number of ether oxygens (including phenoxy) is 1. The van der Waals surface area contributed by atoms with Crippen LogP contribution in [-0.4, -0.2) is 17.0 Å². The molecule has 0 aromatic heterocycles. The number of hydrogen-bond acceptors (Lipinski definition) is 1. The Labute approximate surface area is 64.6 Å². The summed E-state index contributed by atoms with van der Waals surface area (Å²) in [4.78, 5) is 0. The Morgan fingerprint density at radius 1 is 1.67 bits per heavy atom. The van der Waals surface area contributed by atoms with E-state index >= 15 is 0 Å². The molecule has 3 heteroatoms. The predicted octanol–water partition coefficient (Wildman–Crippen LogP) is 2.14. The van der Waals surface area contributed by atoms with Gasteiger partial charge in [-0.25, -0.2) is 0 Å². The van der Waals surface area contributed by atoms with Gasteiger partial charge in [0.05, 0.1) is 6.10 Å². The minimum atomic E-state index is -0.877. The maximum Gasteiger partial charge on any atom is 0.162 e. The summed E-state index contributed by atoms with van der Waals surface area (Å²) in [7, 11) is 0. The van der Waals surface area contributed by atoms with E-state index < -0.39 is 4.33 Å². The molecule has 0 saturated carbocycles. The minimum absolute atomic E-state index is 0.0432. The Bertz CT molecular complexity index is 118. The number of alkyl halides is 2. The van der Waals surface area contributed by atoms with Crippen molar-refractivity contribution in [3.8, 4) is 0 Å². The Morgan fingerprint density at radius 2 is 2.22 bits per heavy atom. The SMILES string of the molecule is C=CC(Cl)(Cl)C1CCO1. The summed E-state index contributed by atoms with van der Waals surface area (Å²) in [5.74, 6) is 0. The molecule has 0 aromatic carbocycles. The highest BCUT2D eigenvalue weighted by Crippen LogP contribution is 2.34. The molecule has 1 heterocycles. The summed E-state index contributed by atoms with van der Waals surface area (Å²) in [5, 5.41) is 0. The lowest BCUT2D eigenvalue weighted by molar-refractivity contribution is -0.0520. The van der Waals surface area contributed by atoms with E-state index in [9.17, 15) is 0 Å². The first-order valence-electron chi connectivity index (χ1n) is 2.80. The van der Waals surface area contributed by atoms with Crippen molar-refractivity contribution in [2.75, 3.05) is 6.61 Å². The number of hydrogen-bond donors (Lipinski definition) is 0. The van der Waals surface area contributed by atoms with Crippen molar-refractivity contribution >= 4 is 23.2 Å². The highest BCUT2D eigenvalue weighted by Gasteiger charge is 2.37. The first-order valence-corrected chi connectivity index (χ1v) is 3.55. The average molecular weight is 167 g/mol. The highest BCUT2D eigenvalue weighted by molar-refractivity contribution is 6.50. The van der Waals surface area contributed by atoms with Crippen molar-refractivity contribution < 1.29 is 4.74 Å². The Morgan fingerprint density at radius 3 is 2.33 bits per heavy atom. The van der Waals surface area contributed by atoms with Gasteiger partial charge in [0.2, 0.25) is 0 Å². The minimum Gasteiger partial charge on any atom is -0.375 e. The Balaban J connectivity index is 2.46. The lowest BCUT2D eigenvalue weighted by Gasteiger charge is -2.34. The lowest BCUT2D eigenvalue weighted by atomic mass is 10.1. The monoisotopic (exact) mass is 166 g/mol. The van der Waals surface area contributed by atoms with E-state index in [0.29, 0.717) is 0 Å². The van der Waals surface area contributed by atoms with Crippen LogP contribution in [0.4, 0.5) is 0 Å².